The van der Waals surface area contributed by atoms with E-state index in [1.54, 1.807) is 10.6 Å². The molecule has 0 atom stereocenters. The third-order valence-electron chi connectivity index (χ3n) is 4.45. The summed E-state index contributed by atoms with van der Waals surface area (Å²) >= 11 is 1.37. The van der Waals surface area contributed by atoms with Gasteiger partial charge in [-0.15, -0.1) is 0 Å². The number of aromatic nitrogens is 2. The lowest BCUT2D eigenvalue weighted by Gasteiger charge is -2.32. The van der Waals surface area contributed by atoms with Crippen LogP contribution in [-0.4, -0.2) is 64.2 Å². The minimum atomic E-state index is -0.0259. The number of rotatable bonds is 5. The van der Waals surface area contributed by atoms with E-state index in [1.807, 2.05) is 30.0 Å². The summed E-state index contributed by atoms with van der Waals surface area (Å²) in [7, 11) is 2.07. The molecule has 0 N–H and O–H groups in total. The number of para-hydroxylation sites is 1. The molecule has 7 heteroatoms. The first-order valence-corrected chi connectivity index (χ1v) is 9.67. The molecule has 6 nitrogen and oxygen atoms in total. The molecule has 2 heterocycles. The molecule has 0 radical (unpaired) electrons. The monoisotopic (exact) mass is 360 g/mol. The Hall–Kier alpha value is -1.86. The first-order valence-electron chi connectivity index (χ1n) is 8.69. The highest BCUT2D eigenvalue weighted by Gasteiger charge is 2.20. The van der Waals surface area contributed by atoms with Crippen molar-refractivity contribution >= 4 is 28.6 Å². The fourth-order valence-electron chi connectivity index (χ4n) is 2.95. The Morgan fingerprint density at radius 1 is 1.20 bits per heavy atom. The third kappa shape index (κ3) is 4.04. The number of carbonyl (C=O) groups excluding carboxylic acids is 1. The lowest BCUT2D eigenvalue weighted by Crippen LogP contribution is -2.47. The minimum absolute atomic E-state index is 0.0259. The number of amides is 1. The first-order chi connectivity index (χ1) is 12.1. The Morgan fingerprint density at radius 2 is 1.92 bits per heavy atom. The number of fused-ring (bicyclic) bond motifs is 1. The third-order valence-corrected chi connectivity index (χ3v) is 5.42. The Labute approximate surface area is 151 Å². The Kier molecular flexibility index (Phi) is 5.75. The summed E-state index contributed by atoms with van der Waals surface area (Å²) in [6.45, 7) is 6.00. The molecular weight excluding hydrogens is 336 g/mol. The molecule has 0 spiro atoms. The molecule has 0 unspecified atom stereocenters. The number of piperazine rings is 1. The van der Waals surface area contributed by atoms with Gasteiger partial charge in [0.2, 0.25) is 5.91 Å². The highest BCUT2D eigenvalue weighted by atomic mass is 32.2. The average molecular weight is 360 g/mol. The van der Waals surface area contributed by atoms with Crippen molar-refractivity contribution in [2.45, 2.75) is 25.0 Å². The lowest BCUT2D eigenvalue weighted by molar-refractivity contribution is -0.129. The van der Waals surface area contributed by atoms with Crippen LogP contribution in [0.1, 0.15) is 13.3 Å². The SMILES string of the molecule is CCCn1c(SCC(=O)N2CCN(C)CC2)nc2ccccc2c1=O. The number of nitrogens with zero attached hydrogens (tertiary/aromatic N) is 4. The molecule has 1 aromatic heterocycles. The predicted octanol–water partition coefficient (Wildman–Crippen LogP) is 1.67. The second kappa shape index (κ2) is 8.01. The average Bonchev–Trinajstić information content (AvgIpc) is 2.63. The zero-order valence-electron chi connectivity index (χ0n) is 14.8. The van der Waals surface area contributed by atoms with Crippen LogP contribution in [0.4, 0.5) is 0 Å². The van der Waals surface area contributed by atoms with Crippen LogP contribution in [0.25, 0.3) is 10.9 Å². The summed E-state index contributed by atoms with van der Waals surface area (Å²) in [5, 5.41) is 1.26. The number of carbonyl (C=O) groups is 1. The Morgan fingerprint density at radius 3 is 2.64 bits per heavy atom. The molecule has 1 amide bonds. The van der Waals surface area contributed by atoms with Crippen molar-refractivity contribution in [3.8, 4) is 0 Å². The number of thioether (sulfide) groups is 1. The number of likely N-dealkylation sites (N-methyl/N-ethyl adjacent to an activating group) is 1. The summed E-state index contributed by atoms with van der Waals surface area (Å²) in [5.74, 6) is 0.432. The lowest BCUT2D eigenvalue weighted by atomic mass is 10.2. The minimum Gasteiger partial charge on any atom is -0.339 e. The number of hydrogen-bond donors (Lipinski definition) is 0. The van der Waals surface area contributed by atoms with Gasteiger partial charge in [-0.1, -0.05) is 30.8 Å². The van der Waals surface area contributed by atoms with Crippen LogP contribution in [-0.2, 0) is 11.3 Å². The highest BCUT2D eigenvalue weighted by Crippen LogP contribution is 2.19. The van der Waals surface area contributed by atoms with Crippen LogP contribution in [0.3, 0.4) is 0 Å². The van der Waals surface area contributed by atoms with E-state index in [1.165, 1.54) is 11.8 Å². The summed E-state index contributed by atoms with van der Waals surface area (Å²) in [6, 6.07) is 7.38. The van der Waals surface area contributed by atoms with E-state index in [4.69, 9.17) is 0 Å². The fourth-order valence-corrected chi connectivity index (χ4v) is 3.88. The van der Waals surface area contributed by atoms with Crippen LogP contribution < -0.4 is 5.56 Å². The normalized spacial score (nSPS) is 15.7. The number of hydrogen-bond acceptors (Lipinski definition) is 5. The first kappa shape index (κ1) is 17.9. The van der Waals surface area contributed by atoms with Gasteiger partial charge in [0, 0.05) is 32.7 Å². The molecule has 1 saturated heterocycles. The number of benzene rings is 1. The van der Waals surface area contributed by atoms with E-state index >= 15 is 0 Å². The molecule has 1 aromatic carbocycles. The van der Waals surface area contributed by atoms with Crippen LogP contribution in [0.5, 0.6) is 0 Å². The molecule has 1 aliphatic heterocycles. The molecule has 0 aliphatic carbocycles. The van der Waals surface area contributed by atoms with Crippen molar-refractivity contribution < 1.29 is 4.79 Å². The van der Waals surface area contributed by atoms with E-state index in [-0.39, 0.29) is 11.5 Å². The molecule has 25 heavy (non-hydrogen) atoms. The van der Waals surface area contributed by atoms with Crippen LogP contribution in [0.15, 0.2) is 34.2 Å². The zero-order chi connectivity index (χ0) is 17.8. The van der Waals surface area contributed by atoms with Gasteiger partial charge in [-0.05, 0) is 25.6 Å². The van der Waals surface area contributed by atoms with Gasteiger partial charge in [0.1, 0.15) is 0 Å². The standard InChI is InChI=1S/C18H24N4O2S/c1-3-8-22-17(24)14-6-4-5-7-15(14)19-18(22)25-13-16(23)21-11-9-20(2)10-12-21/h4-7H,3,8-13H2,1-2H3. The summed E-state index contributed by atoms with van der Waals surface area (Å²) < 4.78 is 1.70. The summed E-state index contributed by atoms with van der Waals surface area (Å²) in [5.41, 5.74) is 0.663. The van der Waals surface area contributed by atoms with Gasteiger partial charge in [-0.2, -0.15) is 0 Å². The quantitative estimate of drug-likeness (QED) is 0.600. The van der Waals surface area contributed by atoms with E-state index < -0.39 is 0 Å². The van der Waals surface area contributed by atoms with Gasteiger partial charge >= 0.3 is 0 Å². The summed E-state index contributed by atoms with van der Waals surface area (Å²) in [6.07, 6.45) is 0.847. The Balaban J connectivity index is 1.79. The van der Waals surface area contributed by atoms with E-state index in [0.717, 1.165) is 32.6 Å². The molecule has 0 bridgehead atoms. The topological polar surface area (TPSA) is 58.4 Å². The van der Waals surface area contributed by atoms with Crippen molar-refractivity contribution in [1.82, 2.24) is 19.4 Å². The van der Waals surface area contributed by atoms with Crippen LogP contribution >= 0.6 is 11.8 Å². The van der Waals surface area contributed by atoms with Crippen molar-refractivity contribution in [2.24, 2.45) is 0 Å². The van der Waals surface area contributed by atoms with E-state index in [0.29, 0.717) is 28.4 Å². The zero-order valence-corrected chi connectivity index (χ0v) is 15.6. The smallest absolute Gasteiger partial charge is 0.262 e. The molecule has 0 saturated carbocycles. The van der Waals surface area contributed by atoms with Gasteiger partial charge in [0.05, 0.1) is 16.7 Å². The van der Waals surface area contributed by atoms with Gasteiger partial charge in [0.25, 0.3) is 5.56 Å². The maximum atomic E-state index is 12.7. The molecule has 1 fully saturated rings. The van der Waals surface area contributed by atoms with E-state index in [9.17, 15) is 9.59 Å². The predicted molar refractivity (Wildman–Crippen MR) is 101 cm³/mol. The molecule has 3 rings (SSSR count). The van der Waals surface area contributed by atoms with Crippen molar-refractivity contribution in [3.63, 3.8) is 0 Å². The fraction of sp³-hybridized carbons (Fsp3) is 0.500. The molecule has 134 valence electrons. The van der Waals surface area contributed by atoms with Crippen molar-refractivity contribution in [1.29, 1.82) is 0 Å². The maximum absolute atomic E-state index is 12.7. The van der Waals surface area contributed by atoms with Gasteiger partial charge < -0.3 is 9.80 Å². The highest BCUT2D eigenvalue weighted by molar-refractivity contribution is 7.99. The molecule has 1 aliphatic rings. The molecule has 2 aromatic rings. The van der Waals surface area contributed by atoms with Crippen molar-refractivity contribution in [2.75, 3.05) is 39.0 Å². The van der Waals surface area contributed by atoms with Crippen molar-refractivity contribution in [3.05, 3.63) is 34.6 Å². The van der Waals surface area contributed by atoms with Crippen LogP contribution in [0, 0.1) is 0 Å². The van der Waals surface area contributed by atoms with Gasteiger partial charge in [-0.3, -0.25) is 14.2 Å². The largest absolute Gasteiger partial charge is 0.339 e. The molecular formula is C18H24N4O2S. The maximum Gasteiger partial charge on any atom is 0.262 e. The summed E-state index contributed by atoms with van der Waals surface area (Å²) in [4.78, 5) is 34.0. The second-order valence-electron chi connectivity index (χ2n) is 6.34. The van der Waals surface area contributed by atoms with Gasteiger partial charge in [-0.25, -0.2) is 4.98 Å². The van der Waals surface area contributed by atoms with Crippen LogP contribution in [0.2, 0.25) is 0 Å². The van der Waals surface area contributed by atoms with E-state index in [2.05, 4.69) is 16.9 Å². The second-order valence-corrected chi connectivity index (χ2v) is 7.28. The Bertz CT molecular complexity index is 812. The van der Waals surface area contributed by atoms with Gasteiger partial charge in [0.15, 0.2) is 5.16 Å².